The normalized spacial score (nSPS) is 25.2. The summed E-state index contributed by atoms with van der Waals surface area (Å²) in [5, 5.41) is 6.64. The van der Waals surface area contributed by atoms with Crippen LogP contribution in [0.4, 0.5) is 11.4 Å². The number of nitrogens with one attached hydrogen (secondary N) is 2. The van der Waals surface area contributed by atoms with Crippen LogP contribution in [0.5, 0.6) is 0 Å². The minimum absolute atomic E-state index is 0.633. The highest BCUT2D eigenvalue weighted by molar-refractivity contribution is 5.54. The van der Waals surface area contributed by atoms with E-state index in [9.17, 15) is 0 Å². The summed E-state index contributed by atoms with van der Waals surface area (Å²) >= 11 is 0. The molecule has 3 nitrogen and oxygen atoms in total. The number of aromatic nitrogens is 1. The maximum Gasteiger partial charge on any atom is 0.0549 e. The molecule has 0 aliphatic heterocycles. The lowest BCUT2D eigenvalue weighted by atomic mass is 10.1. The molecule has 2 rings (SSSR count). The first-order valence-electron chi connectivity index (χ1n) is 5.67. The van der Waals surface area contributed by atoms with E-state index in [1.54, 1.807) is 0 Å². The van der Waals surface area contributed by atoms with E-state index in [4.69, 9.17) is 0 Å². The fourth-order valence-electron chi connectivity index (χ4n) is 2.23. The van der Waals surface area contributed by atoms with Crippen LogP contribution in [0.3, 0.4) is 0 Å². The lowest BCUT2D eigenvalue weighted by Gasteiger charge is -2.14. The molecule has 0 aromatic carbocycles. The van der Waals surface area contributed by atoms with Crippen LogP contribution in [0.1, 0.15) is 26.2 Å². The second kappa shape index (κ2) is 4.51. The molecule has 82 valence electrons. The van der Waals surface area contributed by atoms with Crippen LogP contribution < -0.4 is 10.6 Å². The van der Waals surface area contributed by atoms with Gasteiger partial charge in [0.15, 0.2) is 0 Å². The molecule has 2 unspecified atom stereocenters. The summed E-state index contributed by atoms with van der Waals surface area (Å²) in [5.41, 5.74) is 2.19. The summed E-state index contributed by atoms with van der Waals surface area (Å²) in [6, 6.07) is 2.74. The van der Waals surface area contributed by atoms with E-state index in [0.717, 1.165) is 17.3 Å². The minimum atomic E-state index is 0.633. The molecule has 1 saturated carbocycles. The molecule has 1 aliphatic carbocycles. The van der Waals surface area contributed by atoms with E-state index in [-0.39, 0.29) is 0 Å². The Labute approximate surface area is 91.3 Å². The summed E-state index contributed by atoms with van der Waals surface area (Å²) < 4.78 is 0. The maximum atomic E-state index is 4.19. The van der Waals surface area contributed by atoms with Crippen molar-refractivity contribution in [3.63, 3.8) is 0 Å². The van der Waals surface area contributed by atoms with Crippen molar-refractivity contribution < 1.29 is 0 Å². The van der Waals surface area contributed by atoms with Crippen molar-refractivity contribution in [1.29, 1.82) is 0 Å². The minimum Gasteiger partial charge on any atom is -0.387 e. The summed E-state index contributed by atoms with van der Waals surface area (Å²) in [6.07, 6.45) is 7.64. The number of anilines is 2. The van der Waals surface area contributed by atoms with Crippen LogP contribution in [0, 0.1) is 5.92 Å². The van der Waals surface area contributed by atoms with Crippen molar-refractivity contribution >= 4 is 11.4 Å². The van der Waals surface area contributed by atoms with Crippen LogP contribution >= 0.6 is 0 Å². The van der Waals surface area contributed by atoms with Gasteiger partial charge < -0.3 is 10.6 Å². The first-order chi connectivity index (χ1) is 7.28. The summed E-state index contributed by atoms with van der Waals surface area (Å²) in [5.74, 6) is 0.864. The molecule has 1 aliphatic rings. The van der Waals surface area contributed by atoms with E-state index in [2.05, 4.69) is 28.6 Å². The molecule has 1 fully saturated rings. The fourth-order valence-corrected chi connectivity index (χ4v) is 2.23. The van der Waals surface area contributed by atoms with Crippen LogP contribution in [-0.2, 0) is 0 Å². The molecule has 3 heteroatoms. The zero-order valence-electron chi connectivity index (χ0n) is 9.46. The van der Waals surface area contributed by atoms with E-state index < -0.39 is 0 Å². The van der Waals surface area contributed by atoms with E-state index in [1.165, 1.54) is 19.3 Å². The molecule has 2 atom stereocenters. The van der Waals surface area contributed by atoms with Crippen molar-refractivity contribution in [3.05, 3.63) is 18.5 Å². The van der Waals surface area contributed by atoms with Crippen molar-refractivity contribution in [1.82, 2.24) is 4.98 Å². The lowest BCUT2D eigenvalue weighted by Crippen LogP contribution is -2.15. The first-order valence-corrected chi connectivity index (χ1v) is 5.67. The quantitative estimate of drug-likeness (QED) is 0.796. The van der Waals surface area contributed by atoms with Crippen molar-refractivity contribution in [2.45, 2.75) is 32.2 Å². The lowest BCUT2D eigenvalue weighted by molar-refractivity contribution is 0.602. The predicted molar refractivity (Wildman–Crippen MR) is 64.2 cm³/mol. The molecule has 0 radical (unpaired) electrons. The summed E-state index contributed by atoms with van der Waals surface area (Å²) in [6.45, 7) is 2.32. The van der Waals surface area contributed by atoms with Crippen LogP contribution in [0.25, 0.3) is 0 Å². The zero-order valence-corrected chi connectivity index (χ0v) is 9.46. The highest BCUT2D eigenvalue weighted by atomic mass is 14.9. The van der Waals surface area contributed by atoms with E-state index in [1.807, 2.05) is 19.4 Å². The van der Waals surface area contributed by atoms with Crippen molar-refractivity contribution in [2.75, 3.05) is 17.7 Å². The third-order valence-corrected chi connectivity index (χ3v) is 3.09. The van der Waals surface area contributed by atoms with Gasteiger partial charge in [0.05, 0.1) is 23.8 Å². The summed E-state index contributed by atoms with van der Waals surface area (Å²) in [7, 11) is 1.92. The first kappa shape index (κ1) is 10.3. The Morgan fingerprint density at radius 1 is 1.27 bits per heavy atom. The third-order valence-electron chi connectivity index (χ3n) is 3.09. The molecule has 0 spiro atoms. The van der Waals surface area contributed by atoms with Crippen LogP contribution in [0.15, 0.2) is 18.5 Å². The van der Waals surface area contributed by atoms with Gasteiger partial charge in [0.1, 0.15) is 0 Å². The monoisotopic (exact) mass is 205 g/mol. The molecule has 2 N–H and O–H groups in total. The van der Waals surface area contributed by atoms with Gasteiger partial charge in [-0.25, -0.2) is 0 Å². The molecule has 0 bridgehead atoms. The number of rotatable bonds is 3. The largest absolute Gasteiger partial charge is 0.387 e. The highest BCUT2D eigenvalue weighted by Crippen LogP contribution is 2.27. The Morgan fingerprint density at radius 3 is 2.73 bits per heavy atom. The topological polar surface area (TPSA) is 37.0 Å². The van der Waals surface area contributed by atoms with Crippen LogP contribution in [-0.4, -0.2) is 18.1 Å². The van der Waals surface area contributed by atoms with Crippen molar-refractivity contribution in [3.8, 4) is 0 Å². The second-order valence-electron chi connectivity index (χ2n) is 4.47. The van der Waals surface area contributed by atoms with Gasteiger partial charge in [-0.05, 0) is 31.2 Å². The van der Waals surface area contributed by atoms with E-state index in [0.29, 0.717) is 6.04 Å². The van der Waals surface area contributed by atoms with Crippen molar-refractivity contribution in [2.24, 2.45) is 5.92 Å². The van der Waals surface area contributed by atoms with Gasteiger partial charge in [0.2, 0.25) is 0 Å². The molecular formula is C12H19N3. The average molecular weight is 205 g/mol. The molecule has 0 saturated heterocycles. The maximum absolute atomic E-state index is 4.19. The average Bonchev–Trinajstić information content (AvgIpc) is 2.64. The van der Waals surface area contributed by atoms with Gasteiger partial charge in [0, 0.05) is 13.1 Å². The zero-order chi connectivity index (χ0) is 10.7. The SMILES string of the molecule is CNc1cncc(NC2CCC(C)C2)c1. The third kappa shape index (κ3) is 2.61. The van der Waals surface area contributed by atoms with Gasteiger partial charge >= 0.3 is 0 Å². The number of nitrogens with zero attached hydrogens (tertiary/aromatic N) is 1. The Kier molecular flexibility index (Phi) is 3.09. The second-order valence-corrected chi connectivity index (χ2v) is 4.47. The Bertz CT molecular complexity index is 324. The molecule has 1 heterocycles. The molecule has 0 amide bonds. The van der Waals surface area contributed by atoms with Gasteiger partial charge in [-0.15, -0.1) is 0 Å². The fraction of sp³-hybridized carbons (Fsp3) is 0.583. The predicted octanol–water partition coefficient (Wildman–Crippen LogP) is 2.72. The number of pyridine rings is 1. The molecule has 1 aromatic rings. The number of hydrogen-bond donors (Lipinski definition) is 2. The Balaban J connectivity index is 1.98. The smallest absolute Gasteiger partial charge is 0.0549 e. The molecule has 15 heavy (non-hydrogen) atoms. The van der Waals surface area contributed by atoms with Crippen LogP contribution in [0.2, 0.25) is 0 Å². The molecule has 1 aromatic heterocycles. The summed E-state index contributed by atoms with van der Waals surface area (Å²) in [4.78, 5) is 4.19. The Hall–Kier alpha value is -1.25. The van der Waals surface area contributed by atoms with Gasteiger partial charge in [-0.3, -0.25) is 4.98 Å². The highest BCUT2D eigenvalue weighted by Gasteiger charge is 2.20. The number of hydrogen-bond acceptors (Lipinski definition) is 3. The van der Waals surface area contributed by atoms with E-state index >= 15 is 0 Å². The van der Waals surface area contributed by atoms with Gasteiger partial charge in [-0.2, -0.15) is 0 Å². The Morgan fingerprint density at radius 2 is 2.07 bits per heavy atom. The standard InChI is InChI=1S/C12H19N3/c1-9-3-4-10(5-9)15-12-6-11(13-2)7-14-8-12/h6-10,13,15H,3-5H2,1-2H3. The van der Waals surface area contributed by atoms with Gasteiger partial charge in [0.25, 0.3) is 0 Å². The molecular weight excluding hydrogens is 186 g/mol. The van der Waals surface area contributed by atoms with Gasteiger partial charge in [-0.1, -0.05) is 6.92 Å².